The van der Waals surface area contributed by atoms with Crippen LogP contribution < -0.4 is 5.32 Å². The molecule has 0 amide bonds. The molecule has 1 atom stereocenters. The van der Waals surface area contributed by atoms with Gasteiger partial charge in [0, 0.05) is 12.5 Å². The van der Waals surface area contributed by atoms with Gasteiger partial charge in [0.15, 0.2) is 0 Å². The van der Waals surface area contributed by atoms with Crippen molar-refractivity contribution in [3.63, 3.8) is 0 Å². The van der Waals surface area contributed by atoms with Crippen LogP contribution in [0.25, 0.3) is 0 Å². The highest BCUT2D eigenvalue weighted by molar-refractivity contribution is 5.55. The Bertz CT molecular complexity index is 1050. The molecule has 7 nitrogen and oxygen atoms in total. The van der Waals surface area contributed by atoms with E-state index in [2.05, 4.69) is 39.2 Å². The summed E-state index contributed by atoms with van der Waals surface area (Å²) in [7, 11) is 0. The first kappa shape index (κ1) is 21.0. The summed E-state index contributed by atoms with van der Waals surface area (Å²) in [5.74, 6) is 3.55. The SMILES string of the molecule is CCCc1ccc(CN2CCCCC2c2cc(Nc3ccc(C#N)nc3)nc(C)n2)o1. The molecule has 0 aromatic carbocycles. The maximum atomic E-state index is 8.93. The van der Waals surface area contributed by atoms with Crippen LogP contribution in [-0.2, 0) is 13.0 Å². The Hall–Kier alpha value is -3.24. The van der Waals surface area contributed by atoms with Crippen LogP contribution in [0.15, 0.2) is 40.9 Å². The van der Waals surface area contributed by atoms with Crippen LogP contribution >= 0.6 is 0 Å². The molecular formula is C24H28N6O. The van der Waals surface area contributed by atoms with Gasteiger partial charge in [0.05, 0.1) is 30.2 Å². The van der Waals surface area contributed by atoms with E-state index in [0.717, 1.165) is 66.9 Å². The Balaban J connectivity index is 1.53. The molecule has 0 bridgehead atoms. The molecule has 1 saturated heterocycles. The number of nitrogens with zero attached hydrogens (tertiary/aromatic N) is 5. The normalized spacial score (nSPS) is 16.7. The number of nitrogens with one attached hydrogen (secondary N) is 1. The zero-order valence-corrected chi connectivity index (χ0v) is 18.1. The number of nitriles is 1. The largest absolute Gasteiger partial charge is 0.465 e. The molecule has 160 valence electrons. The van der Waals surface area contributed by atoms with E-state index in [1.807, 2.05) is 25.1 Å². The van der Waals surface area contributed by atoms with Gasteiger partial charge in [0.2, 0.25) is 0 Å². The first-order valence-corrected chi connectivity index (χ1v) is 10.9. The molecule has 0 spiro atoms. The van der Waals surface area contributed by atoms with Gasteiger partial charge in [-0.05, 0) is 57.0 Å². The summed E-state index contributed by atoms with van der Waals surface area (Å²) in [6.07, 6.45) is 7.15. The molecule has 7 heteroatoms. The maximum Gasteiger partial charge on any atom is 0.140 e. The van der Waals surface area contributed by atoms with Crippen molar-refractivity contribution >= 4 is 11.5 Å². The minimum Gasteiger partial charge on any atom is -0.465 e. The summed E-state index contributed by atoms with van der Waals surface area (Å²) < 4.78 is 6.04. The van der Waals surface area contributed by atoms with Crippen LogP contribution in [0, 0.1) is 18.3 Å². The minimum atomic E-state index is 0.231. The minimum absolute atomic E-state index is 0.231. The Kier molecular flexibility index (Phi) is 6.58. The Morgan fingerprint density at radius 3 is 2.84 bits per heavy atom. The predicted molar refractivity (Wildman–Crippen MR) is 119 cm³/mol. The third-order valence-corrected chi connectivity index (χ3v) is 5.54. The van der Waals surface area contributed by atoms with Gasteiger partial charge in [-0.3, -0.25) is 4.90 Å². The van der Waals surface area contributed by atoms with Gasteiger partial charge in [-0.1, -0.05) is 13.3 Å². The molecular weight excluding hydrogens is 388 g/mol. The summed E-state index contributed by atoms with van der Waals surface area (Å²) in [4.78, 5) is 15.9. The molecule has 31 heavy (non-hydrogen) atoms. The molecule has 3 aromatic heterocycles. The van der Waals surface area contributed by atoms with E-state index < -0.39 is 0 Å². The number of anilines is 2. The number of hydrogen-bond acceptors (Lipinski definition) is 7. The smallest absolute Gasteiger partial charge is 0.140 e. The van der Waals surface area contributed by atoms with E-state index in [-0.39, 0.29) is 6.04 Å². The van der Waals surface area contributed by atoms with Gasteiger partial charge in [0.1, 0.15) is 34.9 Å². The van der Waals surface area contributed by atoms with Crippen molar-refractivity contribution in [1.82, 2.24) is 19.9 Å². The van der Waals surface area contributed by atoms with Gasteiger partial charge < -0.3 is 9.73 Å². The second-order valence-electron chi connectivity index (χ2n) is 7.99. The van der Waals surface area contributed by atoms with Crippen molar-refractivity contribution in [2.24, 2.45) is 0 Å². The topological polar surface area (TPSA) is 90.9 Å². The Labute approximate surface area is 183 Å². The summed E-state index contributed by atoms with van der Waals surface area (Å²) in [5.41, 5.74) is 2.21. The van der Waals surface area contributed by atoms with E-state index in [0.29, 0.717) is 5.69 Å². The van der Waals surface area contributed by atoms with E-state index in [9.17, 15) is 0 Å². The van der Waals surface area contributed by atoms with Crippen LogP contribution in [0.4, 0.5) is 11.5 Å². The summed E-state index contributed by atoms with van der Waals surface area (Å²) in [6, 6.07) is 12.0. The quantitative estimate of drug-likeness (QED) is 0.575. The Morgan fingerprint density at radius 2 is 2.06 bits per heavy atom. The predicted octanol–water partition coefficient (Wildman–Crippen LogP) is 5.07. The average molecular weight is 417 g/mol. The third-order valence-electron chi connectivity index (χ3n) is 5.54. The van der Waals surface area contributed by atoms with Crippen molar-refractivity contribution in [1.29, 1.82) is 5.26 Å². The van der Waals surface area contributed by atoms with Crippen LogP contribution in [0.5, 0.6) is 0 Å². The highest BCUT2D eigenvalue weighted by atomic mass is 16.3. The molecule has 0 radical (unpaired) electrons. The lowest BCUT2D eigenvalue weighted by molar-refractivity contribution is 0.126. The molecule has 1 fully saturated rings. The second kappa shape index (κ2) is 9.71. The molecule has 3 aromatic rings. The fourth-order valence-corrected chi connectivity index (χ4v) is 4.11. The molecule has 1 aliphatic heterocycles. The zero-order valence-electron chi connectivity index (χ0n) is 18.1. The summed E-state index contributed by atoms with van der Waals surface area (Å²) in [6.45, 7) is 5.90. The highest BCUT2D eigenvalue weighted by Crippen LogP contribution is 2.32. The van der Waals surface area contributed by atoms with Gasteiger partial charge in [-0.25, -0.2) is 15.0 Å². The van der Waals surface area contributed by atoms with Gasteiger partial charge in [-0.2, -0.15) is 5.26 Å². The molecule has 1 unspecified atom stereocenters. The lowest BCUT2D eigenvalue weighted by Crippen LogP contribution is -2.33. The number of pyridine rings is 1. The third kappa shape index (κ3) is 5.28. The number of aromatic nitrogens is 3. The fourth-order valence-electron chi connectivity index (χ4n) is 4.11. The van der Waals surface area contributed by atoms with Gasteiger partial charge in [0.25, 0.3) is 0 Å². The lowest BCUT2D eigenvalue weighted by atomic mass is 9.98. The number of piperidine rings is 1. The summed E-state index contributed by atoms with van der Waals surface area (Å²) >= 11 is 0. The Morgan fingerprint density at radius 1 is 1.19 bits per heavy atom. The first-order valence-electron chi connectivity index (χ1n) is 10.9. The van der Waals surface area contributed by atoms with Crippen molar-refractivity contribution < 1.29 is 4.42 Å². The average Bonchev–Trinajstić information content (AvgIpc) is 3.21. The van der Waals surface area contributed by atoms with E-state index >= 15 is 0 Å². The second-order valence-corrected chi connectivity index (χ2v) is 7.99. The number of furan rings is 1. The van der Waals surface area contributed by atoms with Crippen LogP contribution in [0.3, 0.4) is 0 Å². The molecule has 1 aliphatic rings. The molecule has 0 saturated carbocycles. The van der Waals surface area contributed by atoms with Gasteiger partial charge in [-0.15, -0.1) is 0 Å². The molecule has 4 heterocycles. The number of likely N-dealkylation sites (tertiary alicyclic amines) is 1. The number of hydrogen-bond donors (Lipinski definition) is 1. The summed E-state index contributed by atoms with van der Waals surface area (Å²) in [5, 5.41) is 12.2. The molecule has 1 N–H and O–H groups in total. The number of rotatable bonds is 7. The van der Waals surface area contributed by atoms with E-state index in [4.69, 9.17) is 14.7 Å². The molecule has 4 rings (SSSR count). The van der Waals surface area contributed by atoms with Crippen LogP contribution in [0.2, 0.25) is 0 Å². The van der Waals surface area contributed by atoms with Gasteiger partial charge >= 0.3 is 0 Å². The number of aryl methyl sites for hydroxylation is 2. The highest BCUT2D eigenvalue weighted by Gasteiger charge is 2.26. The first-order chi connectivity index (χ1) is 15.1. The fraction of sp³-hybridized carbons (Fsp3) is 0.417. The lowest BCUT2D eigenvalue weighted by Gasteiger charge is -2.35. The van der Waals surface area contributed by atoms with Crippen molar-refractivity contribution in [3.8, 4) is 6.07 Å². The maximum absolute atomic E-state index is 8.93. The van der Waals surface area contributed by atoms with Crippen LogP contribution in [0.1, 0.15) is 67.4 Å². The van der Waals surface area contributed by atoms with Crippen molar-refractivity contribution in [3.05, 3.63) is 65.3 Å². The van der Waals surface area contributed by atoms with E-state index in [1.165, 1.54) is 12.8 Å². The van der Waals surface area contributed by atoms with Crippen molar-refractivity contribution in [2.75, 3.05) is 11.9 Å². The molecule has 0 aliphatic carbocycles. The monoisotopic (exact) mass is 416 g/mol. The standard InChI is InChI=1S/C24H28N6O/c1-3-6-20-10-11-21(31-20)16-30-12-5-4-7-23(30)22-13-24(28-17(2)27-22)29-19-9-8-18(14-25)26-15-19/h8-11,13,15,23H,3-7,12,16H2,1-2H3,(H,27,28,29). The van der Waals surface area contributed by atoms with Crippen molar-refractivity contribution in [2.45, 2.75) is 58.5 Å². The van der Waals surface area contributed by atoms with E-state index in [1.54, 1.807) is 12.3 Å². The van der Waals surface area contributed by atoms with Crippen LogP contribution in [-0.4, -0.2) is 26.4 Å². The zero-order chi connectivity index (χ0) is 21.6.